The maximum atomic E-state index is 11.4. The molecule has 0 aliphatic carbocycles. The van der Waals surface area contributed by atoms with E-state index in [1.807, 2.05) is 0 Å². The van der Waals surface area contributed by atoms with E-state index in [4.69, 9.17) is 10.9 Å². The molecule has 0 aromatic carbocycles. The molecular formula is C9H15O2P. The van der Waals surface area contributed by atoms with Crippen LogP contribution >= 0.6 is 8.03 Å². The Bertz CT molecular complexity index is 213. The maximum Gasteiger partial charge on any atom is 0.208 e. The first-order chi connectivity index (χ1) is 5.54. The molecule has 0 aliphatic rings. The third kappa shape index (κ3) is 3.76. The lowest BCUT2D eigenvalue weighted by atomic mass is 10.2. The first kappa shape index (κ1) is 11.5. The summed E-state index contributed by atoms with van der Waals surface area (Å²) in [5.74, 6) is 2.45. The van der Waals surface area contributed by atoms with Gasteiger partial charge >= 0.3 is 0 Å². The zero-order valence-corrected chi connectivity index (χ0v) is 8.59. The van der Waals surface area contributed by atoms with Gasteiger partial charge < -0.3 is 4.52 Å². The third-order valence-electron chi connectivity index (χ3n) is 1.43. The number of rotatable bonds is 5. The highest BCUT2D eigenvalue weighted by Crippen LogP contribution is 2.38. The predicted molar refractivity (Wildman–Crippen MR) is 52.7 cm³/mol. The van der Waals surface area contributed by atoms with Gasteiger partial charge in [0.2, 0.25) is 8.03 Å². The Balaban J connectivity index is 3.89. The second-order valence-corrected chi connectivity index (χ2v) is 5.10. The quantitative estimate of drug-likeness (QED) is 0.285. The zero-order valence-electron chi connectivity index (χ0n) is 7.59. The SMILES string of the molecule is C#CC(C)(C)[PH](=O)OCCC=C. The average Bonchev–Trinajstić information content (AvgIpc) is 2.05. The molecule has 0 rings (SSSR count). The molecule has 1 unspecified atom stereocenters. The Morgan fingerprint density at radius 3 is 2.75 bits per heavy atom. The Morgan fingerprint density at radius 1 is 1.75 bits per heavy atom. The van der Waals surface area contributed by atoms with Crippen LogP contribution in [0.15, 0.2) is 12.7 Å². The van der Waals surface area contributed by atoms with Crippen LogP contribution in [-0.2, 0) is 9.09 Å². The summed E-state index contributed by atoms with van der Waals surface area (Å²) in [7, 11) is -2.12. The van der Waals surface area contributed by atoms with E-state index in [-0.39, 0.29) is 0 Å². The smallest absolute Gasteiger partial charge is 0.208 e. The van der Waals surface area contributed by atoms with Gasteiger partial charge in [-0.1, -0.05) is 12.0 Å². The molecule has 0 saturated heterocycles. The van der Waals surface area contributed by atoms with Crippen molar-refractivity contribution in [1.82, 2.24) is 0 Å². The molecule has 0 saturated carbocycles. The van der Waals surface area contributed by atoms with Gasteiger partial charge in [-0.3, -0.25) is 4.57 Å². The second-order valence-electron chi connectivity index (χ2n) is 2.98. The molecule has 0 aromatic rings. The number of hydrogen-bond acceptors (Lipinski definition) is 2. The van der Waals surface area contributed by atoms with Gasteiger partial charge in [0.1, 0.15) is 0 Å². The van der Waals surface area contributed by atoms with Crippen LogP contribution in [-0.4, -0.2) is 11.8 Å². The van der Waals surface area contributed by atoms with E-state index in [0.717, 1.165) is 0 Å². The van der Waals surface area contributed by atoms with Crippen molar-refractivity contribution in [1.29, 1.82) is 0 Å². The predicted octanol–water partition coefficient (Wildman–Crippen LogP) is 2.47. The minimum atomic E-state index is -2.12. The molecule has 0 amide bonds. The monoisotopic (exact) mass is 186 g/mol. The average molecular weight is 186 g/mol. The van der Waals surface area contributed by atoms with Crippen LogP contribution in [0, 0.1) is 12.3 Å². The van der Waals surface area contributed by atoms with Gasteiger partial charge in [0, 0.05) is 0 Å². The molecule has 0 heterocycles. The van der Waals surface area contributed by atoms with Crippen LogP contribution in [0.5, 0.6) is 0 Å². The summed E-state index contributed by atoms with van der Waals surface area (Å²) in [4.78, 5) is 0. The van der Waals surface area contributed by atoms with Gasteiger partial charge in [-0.2, -0.15) is 0 Å². The lowest BCUT2D eigenvalue weighted by Gasteiger charge is -2.16. The summed E-state index contributed by atoms with van der Waals surface area (Å²) in [6.45, 7) is 7.44. The fourth-order valence-electron chi connectivity index (χ4n) is 0.474. The summed E-state index contributed by atoms with van der Waals surface area (Å²) >= 11 is 0. The lowest BCUT2D eigenvalue weighted by Crippen LogP contribution is -2.11. The van der Waals surface area contributed by atoms with Crippen molar-refractivity contribution in [2.75, 3.05) is 6.61 Å². The molecule has 1 atom stereocenters. The van der Waals surface area contributed by atoms with E-state index in [1.165, 1.54) is 0 Å². The van der Waals surface area contributed by atoms with Crippen molar-refractivity contribution in [2.24, 2.45) is 0 Å². The highest BCUT2D eigenvalue weighted by molar-refractivity contribution is 7.41. The summed E-state index contributed by atoms with van der Waals surface area (Å²) in [6.07, 6.45) is 7.61. The van der Waals surface area contributed by atoms with E-state index in [0.29, 0.717) is 13.0 Å². The molecule has 0 bridgehead atoms. The number of hydrogen-bond donors (Lipinski definition) is 0. The highest BCUT2D eigenvalue weighted by Gasteiger charge is 2.22. The maximum absolute atomic E-state index is 11.4. The van der Waals surface area contributed by atoms with Crippen LogP contribution < -0.4 is 0 Å². The molecular weight excluding hydrogens is 171 g/mol. The fraction of sp³-hybridized carbons (Fsp3) is 0.556. The van der Waals surface area contributed by atoms with Crippen LogP contribution in [0.1, 0.15) is 20.3 Å². The summed E-state index contributed by atoms with van der Waals surface area (Å²) < 4.78 is 16.4. The largest absolute Gasteiger partial charge is 0.329 e. The van der Waals surface area contributed by atoms with Crippen LogP contribution in [0.2, 0.25) is 0 Å². The minimum Gasteiger partial charge on any atom is -0.329 e. The molecule has 0 aliphatic heterocycles. The molecule has 0 radical (unpaired) electrons. The number of terminal acetylenes is 1. The molecule has 0 N–H and O–H groups in total. The first-order valence-electron chi connectivity index (χ1n) is 3.80. The zero-order chi connectivity index (χ0) is 9.61. The fourth-order valence-corrected chi connectivity index (χ4v) is 1.26. The van der Waals surface area contributed by atoms with Gasteiger partial charge in [0.25, 0.3) is 0 Å². The van der Waals surface area contributed by atoms with Crippen LogP contribution in [0.3, 0.4) is 0 Å². The first-order valence-corrected chi connectivity index (χ1v) is 5.12. The van der Waals surface area contributed by atoms with Gasteiger partial charge in [-0.25, -0.2) is 0 Å². The van der Waals surface area contributed by atoms with Crippen molar-refractivity contribution in [3.63, 3.8) is 0 Å². The lowest BCUT2D eigenvalue weighted by molar-refractivity contribution is 0.327. The molecule has 0 aromatic heterocycles. The van der Waals surface area contributed by atoms with Crippen molar-refractivity contribution in [2.45, 2.75) is 25.4 Å². The van der Waals surface area contributed by atoms with Crippen molar-refractivity contribution >= 4 is 8.03 Å². The summed E-state index contributed by atoms with van der Waals surface area (Å²) in [6, 6.07) is 0. The van der Waals surface area contributed by atoms with Crippen LogP contribution in [0.4, 0.5) is 0 Å². The highest BCUT2D eigenvalue weighted by atomic mass is 31.1. The molecule has 12 heavy (non-hydrogen) atoms. The molecule has 68 valence electrons. The van der Waals surface area contributed by atoms with E-state index in [2.05, 4.69) is 12.5 Å². The second kappa shape index (κ2) is 5.19. The Kier molecular flexibility index (Phi) is 4.97. The standard InChI is InChI=1S/C9H15O2P/c1-5-7-8-11-12(10)9(3,4)6-2/h2,5,12H,1,7-8H2,3-4H3. The van der Waals surface area contributed by atoms with Crippen molar-refractivity contribution < 1.29 is 9.09 Å². The van der Waals surface area contributed by atoms with Crippen molar-refractivity contribution in [3.05, 3.63) is 12.7 Å². The Hall–Kier alpha value is -0.510. The normalized spacial score (nSPS) is 13.4. The van der Waals surface area contributed by atoms with E-state index in [1.54, 1.807) is 19.9 Å². The van der Waals surface area contributed by atoms with Gasteiger partial charge in [-0.05, 0) is 20.3 Å². The minimum absolute atomic E-state index is 0.437. The molecule has 0 fully saturated rings. The Morgan fingerprint density at radius 2 is 2.33 bits per heavy atom. The molecule has 3 heteroatoms. The van der Waals surface area contributed by atoms with Gasteiger partial charge in [0.15, 0.2) is 0 Å². The van der Waals surface area contributed by atoms with Gasteiger partial charge in [0.05, 0.1) is 11.8 Å². The molecule has 0 spiro atoms. The summed E-state index contributed by atoms with van der Waals surface area (Å²) in [5, 5.41) is -0.633. The van der Waals surface area contributed by atoms with E-state index in [9.17, 15) is 4.57 Å². The van der Waals surface area contributed by atoms with Crippen molar-refractivity contribution in [3.8, 4) is 12.3 Å². The third-order valence-corrected chi connectivity index (χ3v) is 3.06. The Labute approximate surface area is 74.9 Å². The topological polar surface area (TPSA) is 26.3 Å². The molecule has 2 nitrogen and oxygen atoms in total. The van der Waals surface area contributed by atoms with Crippen LogP contribution in [0.25, 0.3) is 0 Å². The van der Waals surface area contributed by atoms with E-state index < -0.39 is 13.2 Å². The summed E-state index contributed by atoms with van der Waals surface area (Å²) in [5.41, 5.74) is 0. The van der Waals surface area contributed by atoms with Gasteiger partial charge in [-0.15, -0.1) is 13.0 Å². The van der Waals surface area contributed by atoms with E-state index >= 15 is 0 Å².